The fourth-order valence-electron chi connectivity index (χ4n) is 1.78. The maximum absolute atomic E-state index is 13.4. The highest BCUT2D eigenvalue weighted by Crippen LogP contribution is 2.28. The highest BCUT2D eigenvalue weighted by Gasteiger charge is 2.18. The summed E-state index contributed by atoms with van der Waals surface area (Å²) in [6, 6.07) is 0.706. The topological polar surface area (TPSA) is 91.3 Å². The van der Waals surface area contributed by atoms with Crippen molar-refractivity contribution in [1.29, 1.82) is 0 Å². The van der Waals surface area contributed by atoms with Crippen molar-refractivity contribution in [2.24, 2.45) is 0 Å². The van der Waals surface area contributed by atoms with Crippen molar-refractivity contribution < 1.29 is 19.1 Å². The van der Waals surface area contributed by atoms with Crippen molar-refractivity contribution in [3.63, 3.8) is 0 Å². The number of thiophene rings is 1. The normalized spacial score (nSPS) is 12.3. The summed E-state index contributed by atoms with van der Waals surface area (Å²) in [4.78, 5) is 27.2. The van der Waals surface area contributed by atoms with Crippen LogP contribution < -0.4 is 10.6 Å². The number of carboxylic acids is 1. The largest absolute Gasteiger partial charge is 0.480 e. The van der Waals surface area contributed by atoms with Crippen LogP contribution in [0.1, 0.15) is 15.2 Å². The number of hydrogen-bond acceptors (Lipinski definition) is 5. The van der Waals surface area contributed by atoms with Crippen LogP contribution in [0.4, 0.5) is 4.39 Å². The van der Waals surface area contributed by atoms with E-state index in [0.717, 1.165) is 17.5 Å². The van der Waals surface area contributed by atoms with E-state index in [4.69, 9.17) is 5.11 Å². The average Bonchev–Trinajstić information content (AvgIpc) is 2.88. The summed E-state index contributed by atoms with van der Waals surface area (Å²) in [5.41, 5.74) is 0.995. The first kappa shape index (κ1) is 15.3. The molecule has 2 rings (SSSR count). The molecule has 0 saturated heterocycles. The van der Waals surface area contributed by atoms with Gasteiger partial charge in [-0.15, -0.1) is 11.3 Å². The fourth-order valence-corrected chi connectivity index (χ4v) is 2.81. The predicted molar refractivity (Wildman–Crippen MR) is 77.1 cm³/mol. The Hall–Kier alpha value is -2.06. The molecule has 0 saturated carbocycles. The van der Waals surface area contributed by atoms with Crippen molar-refractivity contribution in [2.75, 3.05) is 13.6 Å². The Balaban J connectivity index is 2.17. The number of aryl methyl sites for hydroxylation is 1. The molecule has 21 heavy (non-hydrogen) atoms. The number of nitrogens with one attached hydrogen (secondary N) is 2. The van der Waals surface area contributed by atoms with Crippen LogP contribution in [0, 0.1) is 12.7 Å². The number of halogens is 1. The lowest BCUT2D eigenvalue weighted by Gasteiger charge is -2.11. The van der Waals surface area contributed by atoms with E-state index in [9.17, 15) is 14.0 Å². The highest BCUT2D eigenvalue weighted by molar-refractivity contribution is 7.21. The molecule has 0 spiro atoms. The molecule has 2 aromatic rings. The number of carboxylic acid groups (broad SMARTS) is 1. The van der Waals surface area contributed by atoms with Gasteiger partial charge < -0.3 is 15.7 Å². The Morgan fingerprint density at radius 3 is 2.86 bits per heavy atom. The monoisotopic (exact) mass is 311 g/mol. The van der Waals surface area contributed by atoms with Crippen molar-refractivity contribution in [3.8, 4) is 0 Å². The van der Waals surface area contributed by atoms with Crippen LogP contribution in [0.5, 0.6) is 0 Å². The van der Waals surface area contributed by atoms with E-state index in [1.54, 1.807) is 13.0 Å². The number of pyridine rings is 1. The van der Waals surface area contributed by atoms with Gasteiger partial charge in [-0.25, -0.2) is 4.39 Å². The second kappa shape index (κ2) is 6.15. The van der Waals surface area contributed by atoms with Crippen molar-refractivity contribution in [2.45, 2.75) is 13.0 Å². The van der Waals surface area contributed by atoms with Crippen LogP contribution in [-0.2, 0) is 4.79 Å². The molecule has 8 heteroatoms. The van der Waals surface area contributed by atoms with Crippen LogP contribution >= 0.6 is 11.3 Å². The van der Waals surface area contributed by atoms with Crippen LogP contribution in [-0.4, -0.2) is 41.6 Å². The molecule has 2 heterocycles. The van der Waals surface area contributed by atoms with Gasteiger partial charge in [0.25, 0.3) is 5.91 Å². The van der Waals surface area contributed by atoms with Gasteiger partial charge in [0.05, 0.1) is 21.3 Å². The Morgan fingerprint density at radius 1 is 1.52 bits per heavy atom. The molecule has 0 aliphatic rings. The van der Waals surface area contributed by atoms with Gasteiger partial charge in [0.15, 0.2) is 0 Å². The number of amides is 1. The lowest BCUT2D eigenvalue weighted by atomic mass is 10.2. The minimum atomic E-state index is -1.05. The first-order valence-corrected chi connectivity index (χ1v) is 6.98. The number of fused-ring (bicyclic) bond motifs is 1. The first-order valence-electron chi connectivity index (χ1n) is 6.17. The van der Waals surface area contributed by atoms with Gasteiger partial charge in [0.1, 0.15) is 11.9 Å². The van der Waals surface area contributed by atoms with Crippen LogP contribution in [0.15, 0.2) is 12.3 Å². The summed E-state index contributed by atoms with van der Waals surface area (Å²) in [5.74, 6) is -1.87. The minimum Gasteiger partial charge on any atom is -0.480 e. The third kappa shape index (κ3) is 3.17. The van der Waals surface area contributed by atoms with Crippen molar-refractivity contribution >= 4 is 33.4 Å². The third-order valence-electron chi connectivity index (χ3n) is 3.07. The number of hydrogen-bond donors (Lipinski definition) is 3. The standard InChI is InChI=1S/C13H14FN3O3S/c1-6-7(14)4-16-8-3-10(21-11(6)8)12(18)17-5-9(15-2)13(19)20/h3-4,9,15H,5H2,1-2H3,(H,17,18)(H,19,20). The van der Waals surface area contributed by atoms with Crippen LogP contribution in [0.3, 0.4) is 0 Å². The predicted octanol–water partition coefficient (Wildman–Crippen LogP) is 1.15. The number of likely N-dealkylation sites (N-methyl/N-ethyl adjacent to an activating group) is 1. The molecular weight excluding hydrogens is 297 g/mol. The van der Waals surface area contributed by atoms with E-state index in [1.165, 1.54) is 7.05 Å². The summed E-state index contributed by atoms with van der Waals surface area (Å²) in [6.45, 7) is 1.58. The lowest BCUT2D eigenvalue weighted by Crippen LogP contribution is -2.44. The molecule has 0 aliphatic heterocycles. The van der Waals surface area contributed by atoms with Gasteiger partial charge in [-0.3, -0.25) is 14.6 Å². The Labute approximate surface area is 124 Å². The Kier molecular flexibility index (Phi) is 4.49. The fraction of sp³-hybridized carbons (Fsp3) is 0.308. The average molecular weight is 311 g/mol. The SMILES string of the molecule is CNC(CNC(=O)c1cc2ncc(F)c(C)c2s1)C(=O)O. The molecule has 3 N–H and O–H groups in total. The van der Waals surface area contributed by atoms with Crippen molar-refractivity contribution in [3.05, 3.63) is 28.5 Å². The second-order valence-electron chi connectivity index (χ2n) is 4.45. The van der Waals surface area contributed by atoms with Crippen LogP contribution in [0.25, 0.3) is 10.2 Å². The molecule has 2 aromatic heterocycles. The van der Waals surface area contributed by atoms with E-state index in [0.29, 0.717) is 20.7 Å². The summed E-state index contributed by atoms with van der Waals surface area (Å²) in [7, 11) is 1.50. The van der Waals surface area contributed by atoms with E-state index in [-0.39, 0.29) is 6.54 Å². The smallest absolute Gasteiger partial charge is 0.322 e. The Bertz CT molecular complexity index is 701. The summed E-state index contributed by atoms with van der Waals surface area (Å²) in [6.07, 6.45) is 1.12. The number of rotatable bonds is 5. The maximum atomic E-state index is 13.4. The molecule has 0 aromatic carbocycles. The van der Waals surface area contributed by atoms with Crippen LogP contribution in [0.2, 0.25) is 0 Å². The molecule has 1 unspecified atom stereocenters. The molecule has 0 fully saturated rings. The molecule has 0 radical (unpaired) electrons. The zero-order valence-corrected chi connectivity index (χ0v) is 12.3. The molecule has 0 aliphatic carbocycles. The minimum absolute atomic E-state index is 0.0420. The summed E-state index contributed by atoms with van der Waals surface area (Å²) in [5, 5.41) is 14.0. The molecular formula is C13H14FN3O3S. The van der Waals surface area contributed by atoms with Gasteiger partial charge in [0, 0.05) is 12.1 Å². The number of carbonyl (C=O) groups excluding carboxylic acids is 1. The quantitative estimate of drug-likeness (QED) is 0.770. The zero-order chi connectivity index (χ0) is 15.6. The van der Waals surface area contributed by atoms with E-state index in [2.05, 4.69) is 15.6 Å². The number of carbonyl (C=O) groups is 2. The second-order valence-corrected chi connectivity index (χ2v) is 5.50. The van der Waals surface area contributed by atoms with Crippen molar-refractivity contribution in [1.82, 2.24) is 15.6 Å². The molecule has 0 bridgehead atoms. The third-order valence-corrected chi connectivity index (χ3v) is 4.31. The maximum Gasteiger partial charge on any atom is 0.322 e. The summed E-state index contributed by atoms with van der Waals surface area (Å²) >= 11 is 1.13. The first-order chi connectivity index (χ1) is 9.93. The van der Waals surface area contributed by atoms with Gasteiger partial charge in [0.2, 0.25) is 0 Å². The van der Waals surface area contributed by atoms with Gasteiger partial charge in [-0.2, -0.15) is 0 Å². The molecule has 112 valence electrons. The highest BCUT2D eigenvalue weighted by atomic mass is 32.1. The number of aromatic nitrogens is 1. The zero-order valence-electron chi connectivity index (χ0n) is 11.4. The molecule has 1 atom stereocenters. The number of nitrogens with zero attached hydrogens (tertiary/aromatic N) is 1. The molecule has 1 amide bonds. The van der Waals surface area contributed by atoms with E-state index >= 15 is 0 Å². The lowest BCUT2D eigenvalue weighted by molar-refractivity contribution is -0.139. The van der Waals surface area contributed by atoms with Gasteiger partial charge in [-0.1, -0.05) is 0 Å². The molecule has 6 nitrogen and oxygen atoms in total. The van der Waals surface area contributed by atoms with Gasteiger partial charge in [-0.05, 0) is 20.0 Å². The van der Waals surface area contributed by atoms with E-state index in [1.807, 2.05) is 0 Å². The van der Waals surface area contributed by atoms with Gasteiger partial charge >= 0.3 is 5.97 Å². The summed E-state index contributed by atoms with van der Waals surface area (Å²) < 4.78 is 14.0. The van der Waals surface area contributed by atoms with E-state index < -0.39 is 23.7 Å². The number of aliphatic carboxylic acids is 1. The Morgan fingerprint density at radius 2 is 2.24 bits per heavy atom.